The van der Waals surface area contributed by atoms with E-state index in [0.29, 0.717) is 17.5 Å². The summed E-state index contributed by atoms with van der Waals surface area (Å²) in [5, 5.41) is 2.70. The quantitative estimate of drug-likeness (QED) is 0.143. The second kappa shape index (κ2) is 15.9. The first-order valence-corrected chi connectivity index (χ1v) is 14.9. The Morgan fingerprint density at radius 1 is 1.29 bits per heavy atom. The molecule has 2 unspecified atom stereocenters. The molecule has 11 nitrogen and oxygen atoms in total. The zero-order chi connectivity index (χ0) is 31.5. The molecule has 1 aromatic heterocycles. The zero-order valence-corrected chi connectivity index (χ0v) is 25.6. The van der Waals surface area contributed by atoms with Crippen LogP contribution in [0.1, 0.15) is 64.5 Å². The summed E-state index contributed by atoms with van der Waals surface area (Å²) in [6.45, 7) is 17.3. The molecule has 1 N–H and O–H groups in total. The van der Waals surface area contributed by atoms with Gasteiger partial charge in [-0.05, 0) is 53.7 Å². The first-order chi connectivity index (χ1) is 20.6. The van der Waals surface area contributed by atoms with Gasteiger partial charge in [0, 0.05) is 37.2 Å². The predicted molar refractivity (Wildman–Crippen MR) is 162 cm³/mol. The molecule has 1 aliphatic heterocycles. The molecular formula is C30H40N5O6P. The minimum Gasteiger partial charge on any atom is -0.370 e. The molecule has 0 bridgehead atoms. The highest BCUT2D eigenvalue weighted by atomic mass is 31.2. The van der Waals surface area contributed by atoms with Crippen molar-refractivity contribution < 1.29 is 24.7 Å². The number of hydrogen-bond donors (Lipinski definition) is 1. The number of aromatic nitrogens is 2. The highest BCUT2D eigenvalue weighted by Gasteiger charge is 2.48. The van der Waals surface area contributed by atoms with Crippen molar-refractivity contribution in [1.82, 2.24) is 14.2 Å². The zero-order valence-electron chi connectivity index (χ0n) is 25.7. The van der Waals surface area contributed by atoms with E-state index in [4.69, 9.17) is 32.9 Å². The molecule has 1 aliphatic rings. The number of terminal acetylenes is 1. The predicted octanol–water partition coefficient (Wildman–Crippen LogP) is 4.80. The van der Waals surface area contributed by atoms with Gasteiger partial charge in [-0.3, -0.25) is 9.36 Å². The number of anilines is 1. The van der Waals surface area contributed by atoms with Crippen molar-refractivity contribution in [3.8, 4) is 12.3 Å². The van der Waals surface area contributed by atoms with Crippen LogP contribution in [0, 0.1) is 25.8 Å². The van der Waals surface area contributed by atoms with E-state index in [9.17, 15) is 9.59 Å². The molecule has 1 aromatic carbocycles. The highest BCUT2D eigenvalue weighted by Crippen LogP contribution is 2.50. The maximum atomic E-state index is 13.3. The van der Waals surface area contributed by atoms with E-state index in [1.165, 1.54) is 4.57 Å². The molecule has 2 heterocycles. The van der Waals surface area contributed by atoms with E-state index in [2.05, 4.69) is 25.7 Å². The summed E-state index contributed by atoms with van der Waals surface area (Å²) in [6.07, 6.45) is 3.97. The van der Waals surface area contributed by atoms with Crippen LogP contribution in [0.3, 0.4) is 0 Å². The summed E-state index contributed by atoms with van der Waals surface area (Å²) in [5.74, 6) is 2.28. The van der Waals surface area contributed by atoms with Crippen LogP contribution in [0.5, 0.6) is 0 Å². The van der Waals surface area contributed by atoms with E-state index in [1.807, 2.05) is 27.7 Å². The third-order valence-electron chi connectivity index (χ3n) is 6.38. The van der Waals surface area contributed by atoms with Crippen LogP contribution >= 0.6 is 8.53 Å². The van der Waals surface area contributed by atoms with Gasteiger partial charge in [0.25, 0.3) is 14.4 Å². The number of ether oxygens (including phenoxy) is 2. The largest absolute Gasteiger partial charge is 0.370 e. The standard InChI is InChI=1S/C30H40N5O6P/c1-9-10-17-38-26-25(41-42(39-18-16-31-8)35(20(2)3)21(4)5)23(7)40-29(26)34-19-22(6)27(33-30(34)37)32-28(36)24-14-12-11-13-15-24/h1,11-15,19-21,23,25-26,29H,10,16-18H2,2-7H3,(H,32,33,36,37)/t23-,25+,26?,29-,42?/m1/s1/i7D. The van der Waals surface area contributed by atoms with Crippen LogP contribution < -0.4 is 11.0 Å². The van der Waals surface area contributed by atoms with Gasteiger partial charge in [-0.15, -0.1) is 12.3 Å². The van der Waals surface area contributed by atoms with Crippen LogP contribution in [-0.4, -0.2) is 70.3 Å². The molecule has 3 rings (SSSR count). The Kier molecular flexibility index (Phi) is 12.0. The van der Waals surface area contributed by atoms with E-state index in [0.717, 1.165) is 0 Å². The fraction of sp³-hybridized carbons (Fsp3) is 0.533. The first-order valence-electron chi connectivity index (χ1n) is 14.5. The Hall–Kier alpha value is -3.15. The Bertz CT molecular complexity index is 1340. The van der Waals surface area contributed by atoms with Crippen molar-refractivity contribution in [1.29, 1.82) is 0 Å². The number of hydrogen-bond acceptors (Lipinski definition) is 8. The minimum absolute atomic E-state index is 0.0561. The van der Waals surface area contributed by atoms with E-state index >= 15 is 0 Å². The molecule has 1 fully saturated rings. The van der Waals surface area contributed by atoms with Crippen LogP contribution in [0.4, 0.5) is 5.82 Å². The Labute approximate surface area is 250 Å². The molecule has 226 valence electrons. The van der Waals surface area contributed by atoms with Gasteiger partial charge >= 0.3 is 5.69 Å². The van der Waals surface area contributed by atoms with Gasteiger partial charge < -0.3 is 28.7 Å². The van der Waals surface area contributed by atoms with Gasteiger partial charge in [0.05, 0.1) is 12.7 Å². The summed E-state index contributed by atoms with van der Waals surface area (Å²) < 4.78 is 36.7. The van der Waals surface area contributed by atoms with Crippen molar-refractivity contribution >= 4 is 20.3 Å². The second-order valence-corrected chi connectivity index (χ2v) is 11.6. The summed E-state index contributed by atoms with van der Waals surface area (Å²) >= 11 is 0. The molecule has 1 amide bonds. The second-order valence-electron chi connectivity index (χ2n) is 10.2. The Balaban J connectivity index is 1.96. The van der Waals surface area contributed by atoms with Crippen molar-refractivity contribution in [2.45, 2.75) is 84.6 Å². The number of benzene rings is 1. The molecule has 1 saturated heterocycles. The summed E-state index contributed by atoms with van der Waals surface area (Å²) in [4.78, 5) is 33.6. The van der Waals surface area contributed by atoms with Gasteiger partial charge in [-0.1, -0.05) is 18.2 Å². The third-order valence-corrected chi connectivity index (χ3v) is 8.51. The Morgan fingerprint density at radius 3 is 2.62 bits per heavy atom. The molecule has 0 radical (unpaired) electrons. The smallest absolute Gasteiger partial charge is 0.351 e. The molecule has 2 aromatic rings. The van der Waals surface area contributed by atoms with Crippen molar-refractivity contribution in [2.24, 2.45) is 0 Å². The van der Waals surface area contributed by atoms with Crippen molar-refractivity contribution in [3.63, 3.8) is 0 Å². The van der Waals surface area contributed by atoms with Gasteiger partial charge in [0.1, 0.15) is 24.6 Å². The summed E-state index contributed by atoms with van der Waals surface area (Å²) in [5.41, 5.74) is 0.284. The topological polar surface area (TPSA) is 109 Å². The SMILES string of the molecule is [2H]C[C@H]1O[C@@H](n2cc(C)c(NC(=O)c3ccccc3)nc2=O)C(OCCC#C)[C@H]1OP(OCC[N+]#[C-])N(C(C)C)C(C)C. The lowest BCUT2D eigenvalue weighted by Crippen LogP contribution is -2.41. The number of nitrogens with one attached hydrogen (secondary N) is 1. The van der Waals surface area contributed by atoms with Gasteiger partial charge in [0.2, 0.25) is 6.54 Å². The number of rotatable bonds is 14. The lowest BCUT2D eigenvalue weighted by Gasteiger charge is -2.37. The van der Waals surface area contributed by atoms with Crippen LogP contribution in [-0.2, 0) is 18.5 Å². The van der Waals surface area contributed by atoms with Crippen molar-refractivity contribution in [3.05, 3.63) is 69.6 Å². The molecule has 42 heavy (non-hydrogen) atoms. The monoisotopic (exact) mass is 598 g/mol. The average molecular weight is 599 g/mol. The minimum atomic E-state index is -1.69. The number of carbonyl (C=O) groups excluding carboxylic acids is 1. The summed E-state index contributed by atoms with van der Waals surface area (Å²) in [7, 11) is -1.69. The maximum absolute atomic E-state index is 13.3. The van der Waals surface area contributed by atoms with Gasteiger partial charge in [-0.2, -0.15) is 4.98 Å². The number of carbonyl (C=O) groups is 1. The maximum Gasteiger partial charge on any atom is 0.351 e. The normalized spacial score (nSPS) is 21.2. The third kappa shape index (κ3) is 8.45. The molecule has 5 atom stereocenters. The van der Waals surface area contributed by atoms with Gasteiger partial charge in [0.15, 0.2) is 6.23 Å². The first kappa shape index (κ1) is 31.8. The lowest BCUT2D eigenvalue weighted by atomic mass is 10.1. The lowest BCUT2D eigenvalue weighted by molar-refractivity contribution is -0.0668. The highest BCUT2D eigenvalue weighted by molar-refractivity contribution is 7.44. The van der Waals surface area contributed by atoms with Gasteiger partial charge in [-0.25, -0.2) is 16.0 Å². The molecule has 0 aliphatic carbocycles. The molecular weight excluding hydrogens is 557 g/mol. The number of aryl methyl sites for hydroxylation is 1. The van der Waals surface area contributed by atoms with Crippen molar-refractivity contribution in [2.75, 3.05) is 25.1 Å². The van der Waals surface area contributed by atoms with Crippen LogP contribution in [0.15, 0.2) is 41.3 Å². The van der Waals surface area contributed by atoms with E-state index < -0.39 is 44.7 Å². The van der Waals surface area contributed by atoms with Crippen LogP contribution in [0.25, 0.3) is 4.85 Å². The number of nitrogens with zero attached hydrogens (tertiary/aromatic N) is 4. The van der Waals surface area contributed by atoms with E-state index in [1.54, 1.807) is 43.5 Å². The molecule has 0 spiro atoms. The molecule has 0 saturated carbocycles. The number of amides is 1. The fourth-order valence-corrected chi connectivity index (χ4v) is 6.29. The molecule has 12 heteroatoms. The van der Waals surface area contributed by atoms with E-state index in [-0.39, 0.29) is 44.6 Å². The fourth-order valence-electron chi connectivity index (χ4n) is 4.53. The summed E-state index contributed by atoms with van der Waals surface area (Å²) in [6, 6.07) is 8.74. The average Bonchev–Trinajstić information content (AvgIpc) is 3.31. The van der Waals surface area contributed by atoms with Crippen LogP contribution in [0.2, 0.25) is 0 Å². The Morgan fingerprint density at radius 2 is 2.00 bits per heavy atom.